The van der Waals surface area contributed by atoms with Crippen molar-refractivity contribution in [1.82, 2.24) is 5.43 Å². The molecule has 7 heteroatoms. The van der Waals surface area contributed by atoms with Gasteiger partial charge in [-0.15, -0.1) is 5.10 Å². The molecule has 2 amide bonds. The van der Waals surface area contributed by atoms with Gasteiger partial charge in [-0.05, 0) is 43.3 Å². The number of nitrogens with one attached hydrogen (secondary N) is 1. The molecule has 0 saturated heterocycles. The number of nitrogens with zero attached hydrogens (tertiary/aromatic N) is 1. The molecule has 0 fully saturated rings. The van der Waals surface area contributed by atoms with E-state index in [0.29, 0.717) is 28.9 Å². The van der Waals surface area contributed by atoms with Gasteiger partial charge in [-0.2, -0.15) is 0 Å². The van der Waals surface area contributed by atoms with E-state index in [-0.39, 0.29) is 11.1 Å². The number of amides is 2. The zero-order valence-corrected chi connectivity index (χ0v) is 14.1. The minimum atomic E-state index is -0.700. The Kier molecular flexibility index (Phi) is 4.98. The van der Waals surface area contributed by atoms with Gasteiger partial charge in [0.15, 0.2) is 0 Å². The van der Waals surface area contributed by atoms with Gasteiger partial charge in [-0.25, -0.2) is 5.43 Å². The van der Waals surface area contributed by atoms with Crippen LogP contribution in [0.3, 0.4) is 0 Å². The molecule has 3 N–H and O–H groups in total. The summed E-state index contributed by atoms with van der Waals surface area (Å²) in [6.07, 6.45) is 0. The highest BCUT2D eigenvalue weighted by Crippen LogP contribution is 2.13. The highest BCUT2D eigenvalue weighted by molar-refractivity contribution is 5.96. The molecular weight excluding hydrogens is 334 g/mol. The van der Waals surface area contributed by atoms with Crippen LogP contribution >= 0.6 is 0 Å². The number of primary amides is 1. The lowest BCUT2D eigenvalue weighted by atomic mass is 10.2. The Labute approximate surface area is 149 Å². The van der Waals surface area contributed by atoms with E-state index in [1.165, 1.54) is 0 Å². The lowest BCUT2D eigenvalue weighted by Gasteiger charge is -2.04. The second-order valence-electron chi connectivity index (χ2n) is 5.38. The molecule has 7 nitrogen and oxygen atoms in total. The Morgan fingerprint density at radius 1 is 1.15 bits per heavy atom. The fourth-order valence-electron chi connectivity index (χ4n) is 2.36. The number of fused-ring (bicyclic) bond motifs is 1. The summed E-state index contributed by atoms with van der Waals surface area (Å²) in [4.78, 5) is 23.9. The first kappa shape index (κ1) is 17.2. The van der Waals surface area contributed by atoms with Crippen LogP contribution in [0.2, 0.25) is 0 Å². The second-order valence-corrected chi connectivity index (χ2v) is 5.38. The predicted molar refractivity (Wildman–Crippen MR) is 95.4 cm³/mol. The third-order valence-electron chi connectivity index (χ3n) is 3.61. The third-order valence-corrected chi connectivity index (χ3v) is 3.61. The summed E-state index contributed by atoms with van der Waals surface area (Å²) in [5, 5.41) is 4.62. The molecule has 3 aromatic rings. The van der Waals surface area contributed by atoms with Gasteiger partial charge in [0.2, 0.25) is 5.55 Å². The van der Waals surface area contributed by atoms with Crippen LogP contribution in [0.4, 0.5) is 0 Å². The molecule has 0 spiro atoms. The van der Waals surface area contributed by atoms with E-state index in [1.807, 2.05) is 13.0 Å². The Morgan fingerprint density at radius 2 is 1.88 bits per heavy atom. The van der Waals surface area contributed by atoms with Crippen molar-refractivity contribution in [3.05, 3.63) is 71.3 Å². The topological polar surface area (TPSA) is 107 Å². The number of para-hydroxylation sites is 1. The molecule has 2 aromatic carbocycles. The molecular formula is C19H17N3O4. The Hall–Kier alpha value is -3.61. The van der Waals surface area contributed by atoms with Gasteiger partial charge in [0.1, 0.15) is 16.9 Å². The van der Waals surface area contributed by atoms with E-state index in [1.54, 1.807) is 48.5 Å². The Bertz CT molecular complexity index is 1020. The van der Waals surface area contributed by atoms with Crippen LogP contribution in [0.5, 0.6) is 5.75 Å². The van der Waals surface area contributed by atoms with E-state index in [9.17, 15) is 9.59 Å². The lowest BCUT2D eigenvalue weighted by Crippen LogP contribution is -2.27. The lowest BCUT2D eigenvalue weighted by molar-refractivity contribution is 0.0946. The largest absolute Gasteiger partial charge is 0.494 e. The zero-order chi connectivity index (χ0) is 18.5. The molecule has 0 aliphatic rings. The molecule has 0 saturated carbocycles. The van der Waals surface area contributed by atoms with Crippen LogP contribution < -0.4 is 21.5 Å². The van der Waals surface area contributed by atoms with Crippen LogP contribution in [-0.2, 0) is 0 Å². The standard InChI is InChI=1S/C19H17N3O4/c1-2-25-14-9-7-12(8-10-14)18(24)21-22-19-15(17(20)23)11-13-5-3-4-6-16(13)26-19/h3-11H,2H2,1H3,(H2,20,23)(H,21,24)/b22-19-. The first-order chi connectivity index (χ1) is 12.6. The summed E-state index contributed by atoms with van der Waals surface area (Å²) >= 11 is 0. The van der Waals surface area contributed by atoms with Crippen molar-refractivity contribution in [3.8, 4) is 5.75 Å². The Balaban J connectivity index is 1.90. The maximum absolute atomic E-state index is 12.2. The normalized spacial score (nSPS) is 11.3. The highest BCUT2D eigenvalue weighted by Gasteiger charge is 2.10. The third kappa shape index (κ3) is 3.72. The number of carbonyl (C=O) groups excluding carboxylic acids is 2. The van der Waals surface area contributed by atoms with Gasteiger partial charge in [0.25, 0.3) is 11.8 Å². The van der Waals surface area contributed by atoms with Crippen molar-refractivity contribution in [1.29, 1.82) is 0 Å². The molecule has 26 heavy (non-hydrogen) atoms. The number of rotatable bonds is 5. The second kappa shape index (κ2) is 7.52. The van der Waals surface area contributed by atoms with Gasteiger partial charge < -0.3 is 14.9 Å². The number of ether oxygens (including phenoxy) is 1. The molecule has 0 aliphatic heterocycles. The molecule has 0 bridgehead atoms. The SMILES string of the molecule is CCOc1ccc(C(=O)N/N=c2\oc3ccccc3cc2C(N)=O)cc1. The van der Waals surface area contributed by atoms with Gasteiger partial charge in [0.05, 0.1) is 6.61 Å². The van der Waals surface area contributed by atoms with Crippen molar-refractivity contribution in [3.63, 3.8) is 0 Å². The van der Waals surface area contributed by atoms with Crippen LogP contribution in [0, 0.1) is 0 Å². The molecule has 132 valence electrons. The quantitative estimate of drug-likeness (QED) is 0.687. The van der Waals surface area contributed by atoms with Crippen LogP contribution in [0.25, 0.3) is 11.0 Å². The minimum Gasteiger partial charge on any atom is -0.494 e. The Morgan fingerprint density at radius 3 is 2.58 bits per heavy atom. The number of nitrogens with two attached hydrogens (primary N) is 1. The summed E-state index contributed by atoms with van der Waals surface area (Å²) in [7, 11) is 0. The van der Waals surface area contributed by atoms with E-state index < -0.39 is 11.8 Å². The first-order valence-electron chi connectivity index (χ1n) is 7.98. The highest BCUT2D eigenvalue weighted by atomic mass is 16.5. The van der Waals surface area contributed by atoms with Crippen LogP contribution in [0.1, 0.15) is 27.6 Å². The monoisotopic (exact) mass is 351 g/mol. The predicted octanol–water partition coefficient (Wildman–Crippen LogP) is 2.18. The summed E-state index contributed by atoms with van der Waals surface area (Å²) in [6.45, 7) is 2.42. The number of hydrogen-bond donors (Lipinski definition) is 2. The van der Waals surface area contributed by atoms with Crippen LogP contribution in [0.15, 0.2) is 64.1 Å². The van der Waals surface area contributed by atoms with Crippen molar-refractivity contribution in [2.45, 2.75) is 6.92 Å². The van der Waals surface area contributed by atoms with E-state index in [2.05, 4.69) is 10.5 Å². The van der Waals surface area contributed by atoms with Crippen molar-refractivity contribution in [2.75, 3.05) is 6.61 Å². The zero-order valence-electron chi connectivity index (χ0n) is 14.1. The number of hydrogen-bond acceptors (Lipinski definition) is 5. The fraction of sp³-hybridized carbons (Fsp3) is 0.105. The summed E-state index contributed by atoms with van der Waals surface area (Å²) < 4.78 is 10.9. The number of carbonyl (C=O) groups is 2. The molecule has 3 rings (SSSR count). The molecule has 0 unspecified atom stereocenters. The van der Waals surface area contributed by atoms with Gasteiger partial charge in [-0.1, -0.05) is 18.2 Å². The molecule has 1 aromatic heterocycles. The fourth-order valence-corrected chi connectivity index (χ4v) is 2.36. The van der Waals surface area contributed by atoms with Crippen LogP contribution in [-0.4, -0.2) is 18.4 Å². The summed E-state index contributed by atoms with van der Waals surface area (Å²) in [5.74, 6) is -0.484. The summed E-state index contributed by atoms with van der Waals surface area (Å²) in [5.41, 5.74) is 8.68. The van der Waals surface area contributed by atoms with E-state index in [4.69, 9.17) is 14.9 Å². The van der Waals surface area contributed by atoms with Gasteiger partial charge in [-0.3, -0.25) is 9.59 Å². The van der Waals surface area contributed by atoms with Gasteiger partial charge >= 0.3 is 0 Å². The van der Waals surface area contributed by atoms with Gasteiger partial charge in [0, 0.05) is 10.9 Å². The summed E-state index contributed by atoms with van der Waals surface area (Å²) in [6, 6.07) is 15.3. The maximum atomic E-state index is 12.2. The van der Waals surface area contributed by atoms with Crippen molar-refractivity contribution in [2.24, 2.45) is 10.8 Å². The maximum Gasteiger partial charge on any atom is 0.271 e. The molecule has 1 heterocycles. The molecule has 0 atom stereocenters. The average Bonchev–Trinajstić information content (AvgIpc) is 2.66. The smallest absolute Gasteiger partial charge is 0.271 e. The average molecular weight is 351 g/mol. The van der Waals surface area contributed by atoms with Crippen molar-refractivity contribution < 1.29 is 18.7 Å². The molecule has 0 radical (unpaired) electrons. The van der Waals surface area contributed by atoms with Crippen molar-refractivity contribution >= 4 is 22.8 Å². The van der Waals surface area contributed by atoms with E-state index >= 15 is 0 Å². The minimum absolute atomic E-state index is 0.0597. The number of benzene rings is 2. The first-order valence-corrected chi connectivity index (χ1v) is 7.98. The molecule has 0 aliphatic carbocycles. The van der Waals surface area contributed by atoms with E-state index in [0.717, 1.165) is 0 Å².